The minimum Gasteiger partial charge on any atom is -0.508 e. The molecule has 1 saturated carbocycles. The summed E-state index contributed by atoms with van der Waals surface area (Å²) in [4.78, 5) is 14.6. The summed E-state index contributed by atoms with van der Waals surface area (Å²) in [7, 11) is 0. The first-order valence-corrected chi connectivity index (χ1v) is 7.32. The molecule has 0 bridgehead atoms. The first-order valence-electron chi connectivity index (χ1n) is 7.32. The molecule has 1 aromatic carbocycles. The van der Waals surface area contributed by atoms with Gasteiger partial charge in [0, 0.05) is 18.2 Å². The van der Waals surface area contributed by atoms with Crippen LogP contribution in [0.1, 0.15) is 37.7 Å². The van der Waals surface area contributed by atoms with Crippen LogP contribution in [0.3, 0.4) is 0 Å². The van der Waals surface area contributed by atoms with Crippen molar-refractivity contribution in [2.45, 2.75) is 44.6 Å². The number of phenolic OH excluding ortho intramolecular Hbond substituents is 1. The van der Waals surface area contributed by atoms with Gasteiger partial charge in [0.05, 0.1) is 6.42 Å². The molecule has 102 valence electrons. The fourth-order valence-corrected chi connectivity index (χ4v) is 3.69. The first kappa shape index (κ1) is 12.5. The lowest BCUT2D eigenvalue weighted by Crippen LogP contribution is -2.46. The van der Waals surface area contributed by atoms with Crippen molar-refractivity contribution >= 4 is 5.91 Å². The number of nitrogens with zero attached hydrogens (tertiary/aromatic N) is 1. The average molecular weight is 259 g/mol. The standard InChI is InChI=1S/C16H21NO2/c18-15-9-2-1-5-13(15)11-16(19)17-10-4-7-12-6-3-8-14(12)17/h1-2,5,9,12,14,18H,3-4,6-8,10-11H2. The number of para-hydroxylation sites is 1. The summed E-state index contributed by atoms with van der Waals surface area (Å²) in [6.45, 7) is 0.896. The summed E-state index contributed by atoms with van der Waals surface area (Å²) in [5.41, 5.74) is 0.743. The highest BCUT2D eigenvalue weighted by Crippen LogP contribution is 2.37. The van der Waals surface area contributed by atoms with Gasteiger partial charge in [0.2, 0.25) is 5.91 Å². The number of carbonyl (C=O) groups is 1. The Morgan fingerprint density at radius 1 is 1.21 bits per heavy atom. The summed E-state index contributed by atoms with van der Waals surface area (Å²) in [5.74, 6) is 1.14. The first-order chi connectivity index (χ1) is 9.25. The summed E-state index contributed by atoms with van der Waals surface area (Å²) in [5, 5.41) is 9.77. The van der Waals surface area contributed by atoms with Crippen molar-refractivity contribution in [3.63, 3.8) is 0 Å². The van der Waals surface area contributed by atoms with Crippen LogP contribution in [0.4, 0.5) is 0 Å². The third-order valence-electron chi connectivity index (χ3n) is 4.65. The zero-order valence-corrected chi connectivity index (χ0v) is 11.2. The Morgan fingerprint density at radius 3 is 2.84 bits per heavy atom. The zero-order valence-electron chi connectivity index (χ0n) is 11.2. The molecule has 2 unspecified atom stereocenters. The number of benzene rings is 1. The van der Waals surface area contributed by atoms with Crippen LogP contribution < -0.4 is 0 Å². The summed E-state index contributed by atoms with van der Waals surface area (Å²) in [6, 6.07) is 7.61. The zero-order chi connectivity index (χ0) is 13.2. The number of hydrogen-bond donors (Lipinski definition) is 1. The van der Waals surface area contributed by atoms with Crippen molar-refractivity contribution in [2.24, 2.45) is 5.92 Å². The van der Waals surface area contributed by atoms with Gasteiger partial charge in [0.1, 0.15) is 5.75 Å². The molecular weight excluding hydrogens is 238 g/mol. The van der Waals surface area contributed by atoms with Crippen molar-refractivity contribution in [3.05, 3.63) is 29.8 Å². The molecule has 3 heteroatoms. The van der Waals surface area contributed by atoms with E-state index in [1.54, 1.807) is 12.1 Å². The molecule has 1 amide bonds. The third kappa shape index (κ3) is 2.46. The van der Waals surface area contributed by atoms with Gasteiger partial charge in [-0.1, -0.05) is 24.6 Å². The second-order valence-electron chi connectivity index (χ2n) is 5.79. The molecule has 1 aromatic rings. The Balaban J connectivity index is 1.71. The Morgan fingerprint density at radius 2 is 2.00 bits per heavy atom. The minimum atomic E-state index is 0.179. The van der Waals surface area contributed by atoms with Crippen molar-refractivity contribution in [1.82, 2.24) is 4.90 Å². The van der Waals surface area contributed by atoms with E-state index in [1.165, 1.54) is 19.3 Å². The van der Waals surface area contributed by atoms with Gasteiger partial charge in [-0.05, 0) is 37.7 Å². The van der Waals surface area contributed by atoms with Crippen molar-refractivity contribution in [2.75, 3.05) is 6.54 Å². The number of likely N-dealkylation sites (tertiary alicyclic amines) is 1. The molecule has 2 atom stereocenters. The van der Waals surface area contributed by atoms with Gasteiger partial charge in [-0.2, -0.15) is 0 Å². The second-order valence-corrected chi connectivity index (χ2v) is 5.79. The van der Waals surface area contributed by atoms with Gasteiger partial charge in [-0.15, -0.1) is 0 Å². The molecule has 1 aliphatic carbocycles. The Bertz CT molecular complexity index is 472. The van der Waals surface area contributed by atoms with E-state index in [1.807, 2.05) is 12.1 Å². The van der Waals surface area contributed by atoms with E-state index in [0.717, 1.165) is 30.9 Å². The van der Waals surface area contributed by atoms with Gasteiger partial charge >= 0.3 is 0 Å². The Hall–Kier alpha value is -1.51. The normalized spacial score (nSPS) is 26.2. The molecule has 3 rings (SSSR count). The van der Waals surface area contributed by atoms with E-state index in [9.17, 15) is 9.90 Å². The highest BCUT2D eigenvalue weighted by molar-refractivity contribution is 5.80. The number of amides is 1. The molecule has 3 nitrogen and oxygen atoms in total. The number of fused-ring (bicyclic) bond motifs is 1. The van der Waals surface area contributed by atoms with Gasteiger partial charge in [-0.3, -0.25) is 4.79 Å². The predicted molar refractivity (Wildman–Crippen MR) is 73.9 cm³/mol. The maximum Gasteiger partial charge on any atom is 0.227 e. The van der Waals surface area contributed by atoms with Gasteiger partial charge < -0.3 is 10.0 Å². The molecular formula is C16H21NO2. The van der Waals surface area contributed by atoms with E-state index in [2.05, 4.69) is 4.90 Å². The molecule has 0 spiro atoms. The van der Waals surface area contributed by atoms with E-state index < -0.39 is 0 Å². The van der Waals surface area contributed by atoms with Crippen LogP contribution in [0, 0.1) is 5.92 Å². The van der Waals surface area contributed by atoms with Crippen molar-refractivity contribution in [1.29, 1.82) is 0 Å². The lowest BCUT2D eigenvalue weighted by atomic mass is 9.91. The average Bonchev–Trinajstić information content (AvgIpc) is 2.89. The smallest absolute Gasteiger partial charge is 0.227 e. The molecule has 2 fully saturated rings. The van der Waals surface area contributed by atoms with Crippen LogP contribution in [-0.4, -0.2) is 28.5 Å². The molecule has 19 heavy (non-hydrogen) atoms. The minimum absolute atomic E-state index is 0.179. The Labute approximate surface area is 114 Å². The number of hydrogen-bond acceptors (Lipinski definition) is 2. The van der Waals surface area contributed by atoms with Crippen LogP contribution in [0.15, 0.2) is 24.3 Å². The quantitative estimate of drug-likeness (QED) is 0.887. The molecule has 1 N–H and O–H groups in total. The van der Waals surface area contributed by atoms with Crippen molar-refractivity contribution < 1.29 is 9.90 Å². The van der Waals surface area contributed by atoms with E-state index >= 15 is 0 Å². The van der Waals surface area contributed by atoms with Crippen LogP contribution in [0.2, 0.25) is 0 Å². The molecule has 1 heterocycles. The van der Waals surface area contributed by atoms with E-state index in [4.69, 9.17) is 0 Å². The van der Waals surface area contributed by atoms with E-state index in [-0.39, 0.29) is 11.7 Å². The number of carbonyl (C=O) groups excluding carboxylic acids is 1. The second kappa shape index (κ2) is 5.24. The van der Waals surface area contributed by atoms with Crippen LogP contribution in [0.25, 0.3) is 0 Å². The fraction of sp³-hybridized carbons (Fsp3) is 0.562. The number of piperidine rings is 1. The topological polar surface area (TPSA) is 40.5 Å². The highest BCUT2D eigenvalue weighted by atomic mass is 16.3. The lowest BCUT2D eigenvalue weighted by Gasteiger charge is -2.38. The molecule has 1 aliphatic heterocycles. The van der Waals surface area contributed by atoms with Gasteiger partial charge in [0.15, 0.2) is 0 Å². The molecule has 0 aromatic heterocycles. The maximum absolute atomic E-state index is 12.5. The maximum atomic E-state index is 12.5. The monoisotopic (exact) mass is 259 g/mol. The summed E-state index contributed by atoms with van der Waals surface area (Å²) in [6.07, 6.45) is 6.45. The van der Waals surface area contributed by atoms with E-state index in [0.29, 0.717) is 12.5 Å². The van der Waals surface area contributed by atoms with Gasteiger partial charge in [-0.25, -0.2) is 0 Å². The largest absolute Gasteiger partial charge is 0.508 e. The summed E-state index contributed by atoms with van der Waals surface area (Å²) >= 11 is 0. The van der Waals surface area contributed by atoms with Crippen LogP contribution >= 0.6 is 0 Å². The van der Waals surface area contributed by atoms with Crippen molar-refractivity contribution in [3.8, 4) is 5.75 Å². The number of phenols is 1. The lowest BCUT2D eigenvalue weighted by molar-refractivity contribution is -0.135. The van der Waals surface area contributed by atoms with Gasteiger partial charge in [0.25, 0.3) is 0 Å². The SMILES string of the molecule is O=C(Cc1ccccc1O)N1CCCC2CCCC21. The predicted octanol–water partition coefficient (Wildman–Crippen LogP) is 2.73. The number of rotatable bonds is 2. The fourth-order valence-electron chi connectivity index (χ4n) is 3.69. The molecule has 0 radical (unpaired) electrons. The highest BCUT2D eigenvalue weighted by Gasteiger charge is 2.37. The Kier molecular flexibility index (Phi) is 3.45. The molecule has 1 saturated heterocycles. The number of aromatic hydroxyl groups is 1. The molecule has 2 aliphatic rings. The third-order valence-corrected chi connectivity index (χ3v) is 4.65. The van der Waals surface area contributed by atoms with Crippen LogP contribution in [-0.2, 0) is 11.2 Å². The summed E-state index contributed by atoms with van der Waals surface area (Å²) < 4.78 is 0. The van der Waals surface area contributed by atoms with Crippen LogP contribution in [0.5, 0.6) is 5.75 Å².